The molecule has 1 fully saturated rings. The maximum Gasteiger partial charge on any atom is 0.338 e. The summed E-state index contributed by atoms with van der Waals surface area (Å²) < 4.78 is 44.4. The molecule has 0 aromatic heterocycles. The minimum absolute atomic E-state index is 0.0787. The third-order valence-corrected chi connectivity index (χ3v) is 3.61. The maximum atomic E-state index is 14.4. The fraction of sp³-hybridized carbons (Fsp3) is 0.562. The van der Waals surface area contributed by atoms with E-state index >= 15 is 0 Å². The Hall–Kier alpha value is -1.61. The highest BCUT2D eigenvalue weighted by Crippen LogP contribution is 2.35. The number of aliphatic hydroxyl groups excluding tert-OH is 2. The second-order valence-corrected chi connectivity index (χ2v) is 5.93. The van der Waals surface area contributed by atoms with Crippen LogP contribution in [0, 0.1) is 0 Å². The summed E-state index contributed by atoms with van der Waals surface area (Å²) >= 11 is 0. The number of hydrogen-bond acceptors (Lipinski definition) is 6. The standard InChI is InChI=1S/C16H20F2O6/c1-15(2)22-9-11(24-15)13(16(17,18)12(20)8-19)23-14(21)10-6-4-3-5-7-10/h3-7,11-13,19-20H,8-9H2,1-2H3/t11-,12-,13+/m1/s1. The topological polar surface area (TPSA) is 85.2 Å². The van der Waals surface area contributed by atoms with Crippen LogP contribution in [0.4, 0.5) is 8.78 Å². The number of carbonyl (C=O) groups excluding carboxylic acids is 1. The Morgan fingerprint density at radius 2 is 2.04 bits per heavy atom. The van der Waals surface area contributed by atoms with Crippen LogP contribution >= 0.6 is 0 Å². The summed E-state index contributed by atoms with van der Waals surface area (Å²) in [4.78, 5) is 12.1. The summed E-state index contributed by atoms with van der Waals surface area (Å²) in [6.07, 6.45) is -5.81. The number of esters is 1. The maximum absolute atomic E-state index is 14.4. The molecule has 134 valence electrons. The first-order valence-corrected chi connectivity index (χ1v) is 7.42. The number of aliphatic hydroxyl groups is 2. The van der Waals surface area contributed by atoms with E-state index < -0.39 is 42.6 Å². The van der Waals surface area contributed by atoms with E-state index in [0.717, 1.165) is 0 Å². The van der Waals surface area contributed by atoms with Gasteiger partial charge in [0.25, 0.3) is 0 Å². The predicted molar refractivity (Wildman–Crippen MR) is 78.6 cm³/mol. The molecule has 0 unspecified atom stereocenters. The molecular formula is C16H20F2O6. The smallest absolute Gasteiger partial charge is 0.338 e. The molecule has 0 radical (unpaired) electrons. The van der Waals surface area contributed by atoms with Gasteiger partial charge in [-0.3, -0.25) is 0 Å². The first kappa shape index (κ1) is 18.7. The molecule has 1 saturated heterocycles. The van der Waals surface area contributed by atoms with Crippen molar-refractivity contribution in [2.45, 2.75) is 43.9 Å². The number of ether oxygens (including phenoxy) is 3. The molecule has 0 amide bonds. The van der Waals surface area contributed by atoms with E-state index in [9.17, 15) is 18.7 Å². The van der Waals surface area contributed by atoms with Gasteiger partial charge >= 0.3 is 11.9 Å². The summed E-state index contributed by atoms with van der Waals surface area (Å²) in [5.74, 6) is -6.03. The first-order valence-electron chi connectivity index (χ1n) is 7.42. The molecule has 3 atom stereocenters. The molecule has 6 nitrogen and oxygen atoms in total. The molecule has 1 aromatic carbocycles. The SMILES string of the molecule is CC1(C)OC[C@H]([C@H](OC(=O)c2ccccc2)C(F)(F)[C@H](O)CO)O1. The zero-order chi connectivity index (χ0) is 18.0. The largest absolute Gasteiger partial charge is 0.449 e. The summed E-state index contributed by atoms with van der Waals surface area (Å²) in [5, 5.41) is 18.3. The molecular weight excluding hydrogens is 326 g/mol. The minimum Gasteiger partial charge on any atom is -0.449 e. The summed E-state index contributed by atoms with van der Waals surface area (Å²) in [6.45, 7) is 1.63. The number of alkyl halides is 2. The molecule has 8 heteroatoms. The lowest BCUT2D eigenvalue weighted by Crippen LogP contribution is -2.54. The molecule has 2 rings (SSSR count). The Balaban J connectivity index is 2.24. The number of halogens is 2. The number of rotatable bonds is 6. The van der Waals surface area contributed by atoms with Gasteiger partial charge in [0.1, 0.15) is 12.2 Å². The highest BCUT2D eigenvalue weighted by Gasteiger charge is 2.56. The Bertz CT molecular complexity index is 563. The van der Waals surface area contributed by atoms with Crippen molar-refractivity contribution in [2.24, 2.45) is 0 Å². The van der Waals surface area contributed by atoms with E-state index in [1.165, 1.54) is 26.0 Å². The van der Waals surface area contributed by atoms with Crippen LogP contribution in [0.15, 0.2) is 30.3 Å². The number of benzene rings is 1. The quantitative estimate of drug-likeness (QED) is 0.757. The third kappa shape index (κ3) is 4.07. The van der Waals surface area contributed by atoms with Crippen molar-refractivity contribution >= 4 is 5.97 Å². The summed E-state index contributed by atoms with van der Waals surface area (Å²) in [5.41, 5.74) is 0.0787. The second kappa shape index (κ2) is 7.10. The van der Waals surface area contributed by atoms with Crippen molar-refractivity contribution in [3.8, 4) is 0 Å². The van der Waals surface area contributed by atoms with Crippen LogP contribution in [0.5, 0.6) is 0 Å². The molecule has 0 aliphatic carbocycles. The van der Waals surface area contributed by atoms with Crippen LogP contribution in [-0.2, 0) is 14.2 Å². The Morgan fingerprint density at radius 3 is 2.54 bits per heavy atom. The van der Waals surface area contributed by atoms with Crippen molar-refractivity contribution in [3.63, 3.8) is 0 Å². The zero-order valence-corrected chi connectivity index (χ0v) is 13.3. The third-order valence-electron chi connectivity index (χ3n) is 3.61. The highest BCUT2D eigenvalue weighted by atomic mass is 19.3. The Kier molecular flexibility index (Phi) is 5.54. The van der Waals surface area contributed by atoms with Gasteiger partial charge in [-0.2, -0.15) is 8.78 Å². The van der Waals surface area contributed by atoms with Gasteiger partial charge in [0.05, 0.1) is 18.8 Å². The van der Waals surface area contributed by atoms with Crippen LogP contribution in [-0.4, -0.2) is 59.4 Å². The number of carbonyl (C=O) groups is 1. The van der Waals surface area contributed by atoms with Gasteiger partial charge in [0.2, 0.25) is 0 Å². The minimum atomic E-state index is -3.92. The van der Waals surface area contributed by atoms with Gasteiger partial charge < -0.3 is 24.4 Å². The van der Waals surface area contributed by atoms with Gasteiger partial charge in [-0.25, -0.2) is 4.79 Å². The van der Waals surface area contributed by atoms with Crippen molar-refractivity contribution in [1.29, 1.82) is 0 Å². The zero-order valence-electron chi connectivity index (χ0n) is 13.3. The van der Waals surface area contributed by atoms with Crippen LogP contribution in [0.1, 0.15) is 24.2 Å². The van der Waals surface area contributed by atoms with Crippen molar-refractivity contribution in [2.75, 3.05) is 13.2 Å². The van der Waals surface area contributed by atoms with Crippen LogP contribution in [0.25, 0.3) is 0 Å². The fourth-order valence-corrected chi connectivity index (χ4v) is 2.34. The lowest BCUT2D eigenvalue weighted by Gasteiger charge is -2.32. The molecule has 1 aromatic rings. The molecule has 0 bridgehead atoms. The van der Waals surface area contributed by atoms with Gasteiger partial charge in [0, 0.05) is 0 Å². The van der Waals surface area contributed by atoms with Crippen molar-refractivity contribution < 1.29 is 38.0 Å². The van der Waals surface area contributed by atoms with E-state index in [1.54, 1.807) is 18.2 Å². The van der Waals surface area contributed by atoms with Crippen LogP contribution < -0.4 is 0 Å². The van der Waals surface area contributed by atoms with E-state index in [1.807, 2.05) is 0 Å². The Labute approximate surface area is 137 Å². The Morgan fingerprint density at radius 1 is 1.42 bits per heavy atom. The number of hydrogen-bond donors (Lipinski definition) is 2. The molecule has 24 heavy (non-hydrogen) atoms. The predicted octanol–water partition coefficient (Wildman–Crippen LogP) is 1.35. The van der Waals surface area contributed by atoms with E-state index in [2.05, 4.69) is 0 Å². The second-order valence-electron chi connectivity index (χ2n) is 5.93. The monoisotopic (exact) mass is 346 g/mol. The van der Waals surface area contributed by atoms with Crippen molar-refractivity contribution in [1.82, 2.24) is 0 Å². The molecule has 0 saturated carbocycles. The lowest BCUT2D eigenvalue weighted by atomic mass is 10.0. The van der Waals surface area contributed by atoms with Crippen LogP contribution in [0.2, 0.25) is 0 Å². The van der Waals surface area contributed by atoms with E-state index in [0.29, 0.717) is 0 Å². The normalized spacial score (nSPS) is 22.8. The molecule has 1 aliphatic heterocycles. The summed E-state index contributed by atoms with van der Waals surface area (Å²) in [7, 11) is 0. The van der Waals surface area contributed by atoms with E-state index in [-0.39, 0.29) is 12.2 Å². The van der Waals surface area contributed by atoms with Crippen LogP contribution in [0.3, 0.4) is 0 Å². The molecule has 0 spiro atoms. The lowest BCUT2D eigenvalue weighted by molar-refractivity contribution is -0.225. The average Bonchev–Trinajstić information content (AvgIpc) is 2.91. The van der Waals surface area contributed by atoms with Gasteiger partial charge in [0.15, 0.2) is 11.9 Å². The molecule has 1 aliphatic rings. The average molecular weight is 346 g/mol. The molecule has 2 N–H and O–H groups in total. The van der Waals surface area contributed by atoms with Gasteiger partial charge in [-0.1, -0.05) is 18.2 Å². The van der Waals surface area contributed by atoms with Gasteiger partial charge in [-0.05, 0) is 26.0 Å². The highest BCUT2D eigenvalue weighted by molar-refractivity contribution is 5.89. The van der Waals surface area contributed by atoms with Crippen molar-refractivity contribution in [3.05, 3.63) is 35.9 Å². The first-order chi connectivity index (χ1) is 11.2. The van der Waals surface area contributed by atoms with E-state index in [4.69, 9.17) is 19.3 Å². The molecule has 1 heterocycles. The fourth-order valence-electron chi connectivity index (χ4n) is 2.34. The van der Waals surface area contributed by atoms with Gasteiger partial charge in [-0.15, -0.1) is 0 Å². The summed E-state index contributed by atoms with van der Waals surface area (Å²) in [6, 6.07) is 7.61.